The molecule has 1 aromatic rings. The molecule has 0 heterocycles. The fourth-order valence-corrected chi connectivity index (χ4v) is 0.970. The summed E-state index contributed by atoms with van der Waals surface area (Å²) < 4.78 is 28.3. The van der Waals surface area contributed by atoms with Gasteiger partial charge in [-0.2, -0.15) is 8.78 Å². The molecule has 0 aliphatic carbocycles. The average molecular weight is 223 g/mol. The van der Waals surface area contributed by atoms with Crippen molar-refractivity contribution in [3.05, 3.63) is 40.3 Å². The molecular formula is C10H7F2N3O. The van der Waals surface area contributed by atoms with Gasteiger partial charge in [0.15, 0.2) is 0 Å². The largest absolute Gasteiger partial charge is 0.434 e. The van der Waals surface area contributed by atoms with Crippen molar-refractivity contribution in [1.82, 2.24) is 0 Å². The van der Waals surface area contributed by atoms with Crippen LogP contribution in [0.15, 0.2) is 29.4 Å². The fraction of sp³-hybridized carbons (Fsp3) is 0.200. The second kappa shape index (κ2) is 6.27. The topological polar surface area (TPSA) is 58.0 Å². The Labute approximate surface area is 90.5 Å². The van der Waals surface area contributed by atoms with Crippen molar-refractivity contribution in [3.8, 4) is 17.6 Å². The summed E-state index contributed by atoms with van der Waals surface area (Å²) in [5, 5.41) is 3.20. The molecule has 0 unspecified atom stereocenters. The van der Waals surface area contributed by atoms with Crippen LogP contribution in [-0.4, -0.2) is 13.2 Å². The summed E-state index contributed by atoms with van der Waals surface area (Å²) in [6, 6.07) is 6.15. The van der Waals surface area contributed by atoms with Gasteiger partial charge in [0, 0.05) is 4.91 Å². The van der Waals surface area contributed by atoms with Crippen LogP contribution < -0.4 is 4.74 Å². The second-order valence-electron chi connectivity index (χ2n) is 2.57. The molecule has 0 bridgehead atoms. The molecule has 0 amide bonds. The third-order valence-corrected chi connectivity index (χ3v) is 1.54. The van der Waals surface area contributed by atoms with Crippen LogP contribution in [0.2, 0.25) is 0 Å². The maximum atomic E-state index is 12.0. The van der Waals surface area contributed by atoms with Gasteiger partial charge in [0.25, 0.3) is 0 Å². The highest BCUT2D eigenvalue weighted by atomic mass is 19.3. The number of hydrogen-bond donors (Lipinski definition) is 0. The molecule has 0 N–H and O–H groups in total. The number of ether oxygens (including phenoxy) is 1. The zero-order valence-electron chi connectivity index (χ0n) is 8.10. The van der Waals surface area contributed by atoms with Crippen LogP contribution in [0.4, 0.5) is 8.78 Å². The molecular weight excluding hydrogens is 216 g/mol. The normalized spacial score (nSPS) is 8.94. The maximum absolute atomic E-state index is 12.0. The van der Waals surface area contributed by atoms with Gasteiger partial charge in [-0.25, -0.2) is 0 Å². The van der Waals surface area contributed by atoms with E-state index in [1.54, 1.807) is 18.2 Å². The number of alkyl halides is 2. The molecule has 0 spiro atoms. The van der Waals surface area contributed by atoms with E-state index in [9.17, 15) is 8.78 Å². The van der Waals surface area contributed by atoms with E-state index < -0.39 is 6.61 Å². The minimum Gasteiger partial charge on any atom is -0.434 e. The number of benzene rings is 1. The number of hydrogen-bond acceptors (Lipinski definition) is 2. The van der Waals surface area contributed by atoms with Crippen LogP contribution >= 0.6 is 0 Å². The van der Waals surface area contributed by atoms with Gasteiger partial charge in [0.05, 0.1) is 12.1 Å². The molecule has 0 saturated carbocycles. The lowest BCUT2D eigenvalue weighted by Crippen LogP contribution is -2.03. The SMILES string of the molecule is [N-]=[N+]=NCC#Cc1ccccc1OC(F)F. The van der Waals surface area contributed by atoms with Gasteiger partial charge in [0.2, 0.25) is 0 Å². The molecule has 6 heteroatoms. The van der Waals surface area contributed by atoms with Crippen molar-refractivity contribution in [2.24, 2.45) is 5.11 Å². The molecule has 0 saturated heterocycles. The van der Waals surface area contributed by atoms with Crippen LogP contribution in [0.5, 0.6) is 5.75 Å². The summed E-state index contributed by atoms with van der Waals surface area (Å²) in [5.74, 6) is 5.11. The molecule has 16 heavy (non-hydrogen) atoms. The zero-order chi connectivity index (χ0) is 11.8. The highest BCUT2D eigenvalue weighted by molar-refractivity contribution is 5.45. The lowest BCUT2D eigenvalue weighted by atomic mass is 10.2. The summed E-state index contributed by atoms with van der Waals surface area (Å²) in [6.07, 6.45) is 0. The molecule has 1 aromatic carbocycles. The Balaban J connectivity index is 2.84. The molecule has 0 fully saturated rings. The van der Waals surface area contributed by atoms with Crippen molar-refractivity contribution in [3.63, 3.8) is 0 Å². The van der Waals surface area contributed by atoms with Crippen molar-refractivity contribution < 1.29 is 13.5 Å². The summed E-state index contributed by atoms with van der Waals surface area (Å²) in [4.78, 5) is 2.51. The van der Waals surface area contributed by atoms with Crippen molar-refractivity contribution in [2.75, 3.05) is 6.54 Å². The molecule has 4 nitrogen and oxygen atoms in total. The Kier molecular flexibility index (Phi) is 4.64. The predicted octanol–water partition coefficient (Wildman–Crippen LogP) is 2.95. The lowest BCUT2D eigenvalue weighted by molar-refractivity contribution is -0.0500. The van der Waals surface area contributed by atoms with Crippen LogP contribution in [0.25, 0.3) is 10.4 Å². The highest BCUT2D eigenvalue weighted by Crippen LogP contribution is 2.18. The van der Waals surface area contributed by atoms with E-state index in [4.69, 9.17) is 5.53 Å². The first-order chi connectivity index (χ1) is 7.74. The van der Waals surface area contributed by atoms with Gasteiger partial charge >= 0.3 is 6.61 Å². The zero-order valence-corrected chi connectivity index (χ0v) is 8.10. The number of rotatable bonds is 3. The van der Waals surface area contributed by atoms with E-state index >= 15 is 0 Å². The smallest absolute Gasteiger partial charge is 0.387 e. The number of nitrogens with zero attached hydrogens (tertiary/aromatic N) is 3. The highest BCUT2D eigenvalue weighted by Gasteiger charge is 2.06. The quantitative estimate of drug-likeness (QED) is 0.336. The van der Waals surface area contributed by atoms with Gasteiger partial charge in [-0.05, 0) is 17.7 Å². The summed E-state index contributed by atoms with van der Waals surface area (Å²) in [7, 11) is 0. The van der Waals surface area contributed by atoms with Crippen LogP contribution in [0.3, 0.4) is 0 Å². The van der Waals surface area contributed by atoms with Crippen LogP contribution in [0, 0.1) is 11.8 Å². The van der Waals surface area contributed by atoms with Gasteiger partial charge in [-0.15, -0.1) is 0 Å². The summed E-state index contributed by atoms with van der Waals surface area (Å²) in [5.41, 5.74) is 8.33. The molecule has 82 valence electrons. The average Bonchev–Trinajstić information content (AvgIpc) is 2.26. The van der Waals surface area contributed by atoms with Crippen molar-refractivity contribution in [2.45, 2.75) is 6.61 Å². The van der Waals surface area contributed by atoms with Crippen LogP contribution in [0.1, 0.15) is 5.56 Å². The van der Waals surface area contributed by atoms with Gasteiger partial charge < -0.3 is 4.74 Å². The Morgan fingerprint density at radius 1 is 1.44 bits per heavy atom. The third-order valence-electron chi connectivity index (χ3n) is 1.54. The fourth-order valence-electron chi connectivity index (χ4n) is 0.970. The standard InChI is InChI=1S/C10H7F2N3O/c11-10(12)16-9-6-2-1-4-8(9)5-3-7-14-15-13/h1-2,4,6,10H,7H2. The van der Waals surface area contributed by atoms with E-state index in [0.717, 1.165) is 0 Å². The van der Waals surface area contributed by atoms with Gasteiger partial charge in [-0.1, -0.05) is 29.1 Å². The minimum atomic E-state index is -2.89. The third kappa shape index (κ3) is 3.86. The summed E-state index contributed by atoms with van der Waals surface area (Å²) >= 11 is 0. The van der Waals surface area contributed by atoms with Gasteiger partial charge in [0.1, 0.15) is 5.75 Å². The first kappa shape index (κ1) is 11.8. The Hall–Kier alpha value is -2.25. The lowest BCUT2D eigenvalue weighted by Gasteiger charge is -2.05. The molecule has 0 atom stereocenters. The number of halogens is 2. The number of para-hydroxylation sites is 1. The first-order valence-electron chi connectivity index (χ1n) is 4.27. The van der Waals surface area contributed by atoms with E-state index in [1.165, 1.54) is 6.07 Å². The van der Waals surface area contributed by atoms with Crippen molar-refractivity contribution >= 4 is 0 Å². The Morgan fingerprint density at radius 2 is 2.19 bits per heavy atom. The summed E-state index contributed by atoms with van der Waals surface area (Å²) in [6.45, 7) is -2.90. The van der Waals surface area contributed by atoms with E-state index in [1.807, 2.05) is 0 Å². The molecule has 1 rings (SSSR count). The first-order valence-corrected chi connectivity index (χ1v) is 4.27. The van der Waals surface area contributed by atoms with E-state index in [0.29, 0.717) is 5.56 Å². The molecule has 0 aromatic heterocycles. The monoisotopic (exact) mass is 223 g/mol. The van der Waals surface area contributed by atoms with E-state index in [2.05, 4.69) is 26.6 Å². The number of azide groups is 1. The molecule has 0 radical (unpaired) electrons. The van der Waals surface area contributed by atoms with Crippen LogP contribution in [-0.2, 0) is 0 Å². The maximum Gasteiger partial charge on any atom is 0.387 e. The van der Waals surface area contributed by atoms with Gasteiger partial charge in [-0.3, -0.25) is 0 Å². The van der Waals surface area contributed by atoms with E-state index in [-0.39, 0.29) is 12.3 Å². The Bertz CT molecular complexity index is 459. The predicted molar refractivity (Wildman–Crippen MR) is 54.0 cm³/mol. The molecule has 0 aliphatic heterocycles. The Morgan fingerprint density at radius 3 is 2.88 bits per heavy atom. The van der Waals surface area contributed by atoms with Crippen molar-refractivity contribution in [1.29, 1.82) is 0 Å². The molecule has 0 aliphatic rings. The second-order valence-corrected chi connectivity index (χ2v) is 2.57. The minimum absolute atomic E-state index is 0.00550.